The van der Waals surface area contributed by atoms with Gasteiger partial charge in [0.05, 0.1) is 6.10 Å². The summed E-state index contributed by atoms with van der Waals surface area (Å²) in [6.45, 7) is 10.4. The number of rotatable bonds is 0. The van der Waals surface area contributed by atoms with Gasteiger partial charge in [0, 0.05) is 6.54 Å². The van der Waals surface area contributed by atoms with Crippen LogP contribution in [-0.4, -0.2) is 36.2 Å². The lowest BCUT2D eigenvalue weighted by molar-refractivity contribution is 0.0483. The van der Waals surface area contributed by atoms with Crippen molar-refractivity contribution in [1.82, 2.24) is 4.90 Å². The first-order valence-corrected chi connectivity index (χ1v) is 5.39. The van der Waals surface area contributed by atoms with Gasteiger partial charge in [-0.3, -0.25) is 0 Å². The summed E-state index contributed by atoms with van der Waals surface area (Å²) in [5.74, 6) is 0. The predicted octanol–water partition coefficient (Wildman–Crippen LogP) is 2.13. The molecule has 0 spiro atoms. The van der Waals surface area contributed by atoms with Gasteiger partial charge in [-0.15, -0.1) is 0 Å². The van der Waals surface area contributed by atoms with Gasteiger partial charge in [-0.25, -0.2) is 0 Å². The van der Waals surface area contributed by atoms with E-state index in [1.54, 1.807) is 0 Å². The standard InChI is InChI=1S/C9H19NO.C2H6/c1-9(2)5-7-10(3)6-4-8(9)11;1-2/h8,11H,4-7H2,1-3H3;1-2H3. The van der Waals surface area contributed by atoms with Crippen molar-refractivity contribution in [2.45, 2.75) is 46.6 Å². The van der Waals surface area contributed by atoms with Crippen LogP contribution in [0.25, 0.3) is 0 Å². The highest BCUT2D eigenvalue weighted by Gasteiger charge is 2.30. The fourth-order valence-corrected chi connectivity index (χ4v) is 1.49. The molecular formula is C11H25NO. The lowest BCUT2D eigenvalue weighted by atomic mass is 9.83. The second kappa shape index (κ2) is 5.61. The molecule has 0 amide bonds. The van der Waals surface area contributed by atoms with Crippen molar-refractivity contribution in [3.8, 4) is 0 Å². The summed E-state index contributed by atoms with van der Waals surface area (Å²) in [7, 11) is 2.12. The van der Waals surface area contributed by atoms with Crippen molar-refractivity contribution in [2.24, 2.45) is 5.41 Å². The Morgan fingerprint density at radius 1 is 1.23 bits per heavy atom. The maximum absolute atomic E-state index is 9.71. The molecule has 2 nitrogen and oxygen atoms in total. The highest BCUT2D eigenvalue weighted by molar-refractivity contribution is 4.82. The Morgan fingerprint density at radius 2 is 1.77 bits per heavy atom. The van der Waals surface area contributed by atoms with E-state index in [0.29, 0.717) is 0 Å². The van der Waals surface area contributed by atoms with E-state index in [2.05, 4.69) is 25.8 Å². The minimum absolute atomic E-state index is 0.116. The van der Waals surface area contributed by atoms with Crippen LogP contribution in [0.15, 0.2) is 0 Å². The molecule has 0 aromatic carbocycles. The summed E-state index contributed by atoms with van der Waals surface area (Å²) in [4.78, 5) is 2.29. The number of hydrogen-bond acceptors (Lipinski definition) is 2. The van der Waals surface area contributed by atoms with Gasteiger partial charge < -0.3 is 10.0 Å². The van der Waals surface area contributed by atoms with Crippen molar-refractivity contribution in [3.05, 3.63) is 0 Å². The monoisotopic (exact) mass is 187 g/mol. The smallest absolute Gasteiger partial charge is 0.0603 e. The van der Waals surface area contributed by atoms with Gasteiger partial charge >= 0.3 is 0 Å². The van der Waals surface area contributed by atoms with Crippen molar-refractivity contribution in [1.29, 1.82) is 0 Å². The Labute approximate surface area is 82.9 Å². The minimum atomic E-state index is -0.118. The van der Waals surface area contributed by atoms with Crippen molar-refractivity contribution < 1.29 is 5.11 Å². The Kier molecular flexibility index (Phi) is 5.57. The molecule has 1 N–H and O–H groups in total. The lowest BCUT2D eigenvalue weighted by Crippen LogP contribution is -2.28. The van der Waals surface area contributed by atoms with Gasteiger partial charge in [-0.05, 0) is 31.8 Å². The summed E-state index contributed by atoms with van der Waals surface area (Å²) >= 11 is 0. The van der Waals surface area contributed by atoms with Crippen LogP contribution >= 0.6 is 0 Å². The molecule has 80 valence electrons. The van der Waals surface area contributed by atoms with Crippen molar-refractivity contribution >= 4 is 0 Å². The number of aliphatic hydroxyl groups excluding tert-OH is 1. The molecule has 13 heavy (non-hydrogen) atoms. The Hall–Kier alpha value is -0.0800. The Morgan fingerprint density at radius 3 is 2.31 bits per heavy atom. The summed E-state index contributed by atoms with van der Waals surface area (Å²) in [6.07, 6.45) is 1.90. The molecule has 1 heterocycles. The molecule has 1 fully saturated rings. The van der Waals surface area contributed by atoms with E-state index < -0.39 is 0 Å². The molecule has 0 aromatic rings. The molecule has 0 aliphatic carbocycles. The lowest BCUT2D eigenvalue weighted by Gasteiger charge is -2.27. The highest BCUT2D eigenvalue weighted by atomic mass is 16.3. The third kappa shape index (κ3) is 4.10. The maximum atomic E-state index is 9.71. The number of hydrogen-bond donors (Lipinski definition) is 1. The van der Waals surface area contributed by atoms with Crippen molar-refractivity contribution in [3.63, 3.8) is 0 Å². The minimum Gasteiger partial charge on any atom is -0.393 e. The largest absolute Gasteiger partial charge is 0.393 e. The van der Waals surface area contributed by atoms with Crippen LogP contribution in [-0.2, 0) is 0 Å². The average molecular weight is 187 g/mol. The van der Waals surface area contributed by atoms with Crippen molar-refractivity contribution in [2.75, 3.05) is 20.1 Å². The van der Waals surface area contributed by atoms with Gasteiger partial charge in [-0.2, -0.15) is 0 Å². The van der Waals surface area contributed by atoms with E-state index in [1.165, 1.54) is 0 Å². The maximum Gasteiger partial charge on any atom is 0.0603 e. The van der Waals surface area contributed by atoms with E-state index in [4.69, 9.17) is 0 Å². The third-order valence-electron chi connectivity index (χ3n) is 2.82. The van der Waals surface area contributed by atoms with Gasteiger partial charge in [0.1, 0.15) is 0 Å². The molecule has 1 atom stereocenters. The van der Waals surface area contributed by atoms with E-state index in [0.717, 1.165) is 25.9 Å². The first-order chi connectivity index (χ1) is 6.02. The fourth-order valence-electron chi connectivity index (χ4n) is 1.49. The zero-order chi connectivity index (χ0) is 10.5. The zero-order valence-corrected chi connectivity index (χ0v) is 9.80. The second-order valence-corrected chi connectivity index (χ2v) is 4.35. The van der Waals surface area contributed by atoms with Gasteiger partial charge in [0.2, 0.25) is 0 Å². The van der Waals surface area contributed by atoms with E-state index in [-0.39, 0.29) is 11.5 Å². The topological polar surface area (TPSA) is 23.5 Å². The molecule has 1 saturated heterocycles. The fraction of sp³-hybridized carbons (Fsp3) is 1.00. The average Bonchev–Trinajstić information content (AvgIpc) is 2.23. The van der Waals surface area contributed by atoms with Crippen LogP contribution in [0, 0.1) is 5.41 Å². The van der Waals surface area contributed by atoms with Crippen LogP contribution < -0.4 is 0 Å². The van der Waals surface area contributed by atoms with Crippen LogP contribution in [0.3, 0.4) is 0 Å². The quantitative estimate of drug-likeness (QED) is 0.628. The molecule has 1 rings (SSSR count). The number of likely N-dealkylation sites (tertiary alicyclic amines) is 1. The second-order valence-electron chi connectivity index (χ2n) is 4.35. The van der Waals surface area contributed by atoms with Gasteiger partial charge in [0.15, 0.2) is 0 Å². The number of aliphatic hydroxyl groups is 1. The summed E-state index contributed by atoms with van der Waals surface area (Å²) in [6, 6.07) is 0. The van der Waals surface area contributed by atoms with E-state index >= 15 is 0 Å². The van der Waals surface area contributed by atoms with E-state index in [9.17, 15) is 5.11 Å². The Bertz CT molecular complexity index is 134. The highest BCUT2D eigenvalue weighted by Crippen LogP contribution is 2.29. The first-order valence-electron chi connectivity index (χ1n) is 5.39. The SMILES string of the molecule is CC.CN1CCC(O)C(C)(C)CC1. The van der Waals surface area contributed by atoms with Crippen LogP contribution in [0.2, 0.25) is 0 Å². The predicted molar refractivity (Wildman–Crippen MR) is 57.9 cm³/mol. The molecule has 0 bridgehead atoms. The molecule has 1 unspecified atom stereocenters. The Balaban J connectivity index is 0.000000671. The molecule has 0 aromatic heterocycles. The van der Waals surface area contributed by atoms with Crippen LogP contribution in [0.5, 0.6) is 0 Å². The molecule has 0 saturated carbocycles. The molecule has 0 radical (unpaired) electrons. The van der Waals surface area contributed by atoms with Gasteiger partial charge in [-0.1, -0.05) is 27.7 Å². The third-order valence-corrected chi connectivity index (χ3v) is 2.82. The van der Waals surface area contributed by atoms with E-state index in [1.807, 2.05) is 13.8 Å². The number of nitrogens with zero attached hydrogens (tertiary/aromatic N) is 1. The van der Waals surface area contributed by atoms with Gasteiger partial charge in [0.25, 0.3) is 0 Å². The molecular weight excluding hydrogens is 162 g/mol. The molecule has 1 aliphatic rings. The molecule has 2 heteroatoms. The summed E-state index contributed by atoms with van der Waals surface area (Å²) in [5.41, 5.74) is 0.116. The summed E-state index contributed by atoms with van der Waals surface area (Å²) < 4.78 is 0. The van der Waals surface area contributed by atoms with Crippen LogP contribution in [0.1, 0.15) is 40.5 Å². The normalized spacial score (nSPS) is 28.6. The molecule has 1 aliphatic heterocycles. The first kappa shape index (κ1) is 12.9. The zero-order valence-electron chi connectivity index (χ0n) is 9.80. The summed E-state index contributed by atoms with van der Waals surface area (Å²) in [5, 5.41) is 9.71. The van der Waals surface area contributed by atoms with Crippen LogP contribution in [0.4, 0.5) is 0 Å².